The average Bonchev–Trinajstić information content (AvgIpc) is 3.52. The summed E-state index contributed by atoms with van der Waals surface area (Å²) in [6.07, 6.45) is 4.15. The fourth-order valence-electron chi connectivity index (χ4n) is 6.73. The van der Waals surface area contributed by atoms with E-state index in [1.807, 2.05) is 56.0 Å². The molecule has 0 spiro atoms. The Kier molecular flexibility index (Phi) is 8.35. The first kappa shape index (κ1) is 29.5. The van der Waals surface area contributed by atoms with Gasteiger partial charge in [0.2, 0.25) is 0 Å². The molecule has 0 aliphatic carbocycles. The molecule has 3 atom stereocenters. The lowest BCUT2D eigenvalue weighted by molar-refractivity contribution is 0.0122. The molecule has 11 nitrogen and oxygen atoms in total. The summed E-state index contributed by atoms with van der Waals surface area (Å²) >= 11 is 0. The number of ether oxygens (including phenoxy) is 3. The minimum absolute atomic E-state index is 0.0591. The summed E-state index contributed by atoms with van der Waals surface area (Å²) in [6, 6.07) is 10.5. The van der Waals surface area contributed by atoms with Gasteiger partial charge in [0, 0.05) is 31.2 Å². The predicted octanol–water partition coefficient (Wildman–Crippen LogP) is 4.23. The van der Waals surface area contributed by atoms with Gasteiger partial charge in [0.15, 0.2) is 0 Å². The Bertz CT molecular complexity index is 1300. The van der Waals surface area contributed by atoms with Crippen LogP contribution in [-0.2, 0) is 29.0 Å². The number of carbonyl (C=O) groups is 2. The van der Waals surface area contributed by atoms with E-state index < -0.39 is 5.60 Å². The number of hydrogen-bond donors (Lipinski definition) is 0. The number of likely N-dealkylation sites (N-methyl/N-ethyl adjacent to an activating group) is 1. The highest BCUT2D eigenvalue weighted by Crippen LogP contribution is 2.37. The first-order chi connectivity index (χ1) is 20.6. The average molecular weight is 593 g/mol. The quantitative estimate of drug-likeness (QED) is 0.488. The third-order valence-corrected chi connectivity index (χ3v) is 8.95. The number of carbonyl (C=O) groups excluding carboxylic acids is 2. The normalized spacial score (nSPS) is 23.7. The van der Waals surface area contributed by atoms with Crippen molar-refractivity contribution in [3.05, 3.63) is 47.2 Å². The van der Waals surface area contributed by atoms with E-state index in [-0.39, 0.29) is 30.9 Å². The highest BCUT2D eigenvalue weighted by molar-refractivity contribution is 5.71. The number of fused-ring (bicyclic) bond motifs is 3. The van der Waals surface area contributed by atoms with Crippen LogP contribution in [0.15, 0.2) is 30.3 Å². The van der Waals surface area contributed by atoms with Crippen LogP contribution in [0.1, 0.15) is 63.3 Å². The predicted molar refractivity (Wildman–Crippen MR) is 161 cm³/mol. The summed E-state index contributed by atoms with van der Waals surface area (Å²) in [7, 11) is 2.12. The Morgan fingerprint density at radius 2 is 1.72 bits per heavy atom. The van der Waals surface area contributed by atoms with E-state index in [1.165, 1.54) is 0 Å². The number of anilines is 1. The third kappa shape index (κ3) is 6.66. The highest BCUT2D eigenvalue weighted by atomic mass is 16.6. The van der Waals surface area contributed by atoms with Gasteiger partial charge in [-0.1, -0.05) is 30.3 Å². The Morgan fingerprint density at radius 3 is 2.40 bits per heavy atom. The van der Waals surface area contributed by atoms with Crippen molar-refractivity contribution in [1.82, 2.24) is 24.7 Å². The standard InChI is InChI=1S/C32H44N6O5/c1-32(2,3)43-31(40)38-23-12-13-24(38)18-37(17-23)28-26-14-16-36(30(39)42-20-22-9-6-5-7-10-22)19-27(26)33-29(34-28)41-21-25-11-8-15-35(25)4/h5-7,9-10,23-25H,8,11-21H2,1-4H3/t23-,24+,25?. The fourth-order valence-corrected chi connectivity index (χ4v) is 6.73. The molecule has 2 amide bonds. The van der Waals surface area contributed by atoms with Crippen molar-refractivity contribution in [1.29, 1.82) is 0 Å². The number of aromatic nitrogens is 2. The Hall–Kier alpha value is -3.60. The lowest BCUT2D eigenvalue weighted by Gasteiger charge is -2.42. The molecule has 0 radical (unpaired) electrons. The summed E-state index contributed by atoms with van der Waals surface area (Å²) < 4.78 is 17.6. The second-order valence-electron chi connectivity index (χ2n) is 13.2. The molecule has 0 saturated carbocycles. The second kappa shape index (κ2) is 12.2. The van der Waals surface area contributed by atoms with Crippen LogP contribution >= 0.6 is 0 Å². The number of hydrogen-bond acceptors (Lipinski definition) is 9. The van der Waals surface area contributed by atoms with Crippen LogP contribution in [0.4, 0.5) is 15.4 Å². The zero-order valence-corrected chi connectivity index (χ0v) is 25.8. The monoisotopic (exact) mass is 592 g/mol. The largest absolute Gasteiger partial charge is 0.462 e. The summed E-state index contributed by atoms with van der Waals surface area (Å²) in [6.45, 7) is 9.74. The molecule has 4 aliphatic heterocycles. The summed E-state index contributed by atoms with van der Waals surface area (Å²) in [5.41, 5.74) is 2.26. The zero-order valence-electron chi connectivity index (χ0n) is 25.8. The molecule has 5 heterocycles. The maximum atomic E-state index is 13.1. The molecule has 3 saturated heterocycles. The van der Waals surface area contributed by atoms with Crippen molar-refractivity contribution < 1.29 is 23.8 Å². The molecule has 6 rings (SSSR count). The van der Waals surface area contributed by atoms with E-state index >= 15 is 0 Å². The molecular formula is C32H44N6O5. The van der Waals surface area contributed by atoms with Gasteiger partial charge in [-0.05, 0) is 72.0 Å². The molecule has 11 heteroatoms. The van der Waals surface area contributed by atoms with Crippen LogP contribution in [0, 0.1) is 0 Å². The third-order valence-electron chi connectivity index (χ3n) is 8.95. The first-order valence-electron chi connectivity index (χ1n) is 15.6. The van der Waals surface area contributed by atoms with Crippen molar-refractivity contribution in [2.75, 3.05) is 44.7 Å². The van der Waals surface area contributed by atoms with Crippen molar-refractivity contribution in [3.63, 3.8) is 0 Å². The molecule has 43 heavy (non-hydrogen) atoms. The van der Waals surface area contributed by atoms with Gasteiger partial charge >= 0.3 is 18.2 Å². The van der Waals surface area contributed by atoms with Crippen LogP contribution < -0.4 is 9.64 Å². The number of nitrogens with zero attached hydrogens (tertiary/aromatic N) is 6. The van der Waals surface area contributed by atoms with Crippen molar-refractivity contribution >= 4 is 18.0 Å². The van der Waals surface area contributed by atoms with Gasteiger partial charge in [0.25, 0.3) is 0 Å². The van der Waals surface area contributed by atoms with Gasteiger partial charge in [0.1, 0.15) is 24.6 Å². The first-order valence-corrected chi connectivity index (χ1v) is 15.6. The summed E-state index contributed by atoms with van der Waals surface area (Å²) in [5, 5.41) is 0. The summed E-state index contributed by atoms with van der Waals surface area (Å²) in [4.78, 5) is 44.2. The van der Waals surface area contributed by atoms with Crippen LogP contribution in [-0.4, -0.2) is 100 Å². The fraction of sp³-hybridized carbons (Fsp3) is 0.625. The Morgan fingerprint density at radius 1 is 0.977 bits per heavy atom. The van der Waals surface area contributed by atoms with Crippen molar-refractivity contribution in [3.8, 4) is 6.01 Å². The van der Waals surface area contributed by atoms with Crippen molar-refractivity contribution in [2.45, 2.75) is 89.8 Å². The Balaban J connectivity index is 1.21. The molecule has 4 aliphatic rings. The van der Waals surface area contributed by atoms with Crippen LogP contribution in [0.5, 0.6) is 6.01 Å². The minimum Gasteiger partial charge on any atom is -0.462 e. The van der Waals surface area contributed by atoms with Gasteiger partial charge < -0.3 is 28.9 Å². The SMILES string of the molecule is CN1CCCC1COc1nc2c(c(N3C[C@H]4CC[C@@H](C3)N4C(=O)OC(C)(C)C)n1)CCN(C(=O)OCc1ccccc1)C2. The Labute approximate surface area is 254 Å². The van der Waals surface area contributed by atoms with Crippen LogP contribution in [0.3, 0.4) is 0 Å². The lowest BCUT2D eigenvalue weighted by atomic mass is 10.0. The van der Waals surface area contributed by atoms with E-state index in [0.717, 1.165) is 54.9 Å². The van der Waals surface area contributed by atoms with Crippen molar-refractivity contribution in [2.24, 2.45) is 0 Å². The molecule has 2 aromatic rings. The molecule has 1 aromatic heterocycles. The van der Waals surface area contributed by atoms with E-state index in [0.29, 0.717) is 51.3 Å². The van der Waals surface area contributed by atoms with Gasteiger partial charge in [0.05, 0.1) is 24.3 Å². The molecule has 3 fully saturated rings. The molecule has 2 bridgehead atoms. The van der Waals surface area contributed by atoms with Crippen LogP contribution in [0.25, 0.3) is 0 Å². The molecule has 232 valence electrons. The number of piperazine rings is 1. The number of likely N-dealkylation sites (tertiary alicyclic amines) is 1. The lowest BCUT2D eigenvalue weighted by Crippen LogP contribution is -2.57. The molecular weight excluding hydrogens is 548 g/mol. The smallest absolute Gasteiger partial charge is 0.410 e. The number of benzene rings is 1. The summed E-state index contributed by atoms with van der Waals surface area (Å²) in [5.74, 6) is 0.859. The van der Waals surface area contributed by atoms with E-state index in [4.69, 9.17) is 24.2 Å². The number of amides is 2. The zero-order chi connectivity index (χ0) is 30.1. The van der Waals surface area contributed by atoms with E-state index in [9.17, 15) is 9.59 Å². The maximum Gasteiger partial charge on any atom is 0.410 e. The molecule has 1 unspecified atom stereocenters. The van der Waals surface area contributed by atoms with Gasteiger partial charge in [-0.3, -0.25) is 4.90 Å². The highest BCUT2D eigenvalue weighted by Gasteiger charge is 2.45. The molecule has 0 N–H and O–H groups in total. The maximum absolute atomic E-state index is 13.1. The van der Waals surface area contributed by atoms with Gasteiger partial charge in [-0.15, -0.1) is 0 Å². The van der Waals surface area contributed by atoms with E-state index in [1.54, 1.807) is 4.90 Å². The second-order valence-corrected chi connectivity index (χ2v) is 13.2. The van der Waals surface area contributed by atoms with Gasteiger partial charge in [-0.25, -0.2) is 9.59 Å². The van der Waals surface area contributed by atoms with E-state index in [2.05, 4.69) is 16.8 Å². The van der Waals surface area contributed by atoms with Gasteiger partial charge in [-0.2, -0.15) is 9.97 Å². The van der Waals surface area contributed by atoms with Crippen LogP contribution in [0.2, 0.25) is 0 Å². The number of rotatable bonds is 6. The topological polar surface area (TPSA) is 101 Å². The minimum atomic E-state index is -0.535. The molecule has 1 aromatic carbocycles.